The monoisotopic (exact) mass is 252 g/mol. The molecule has 16 heavy (non-hydrogen) atoms. The molecule has 0 heterocycles. The number of hydrogen-bond acceptors (Lipinski definition) is 1. The highest BCUT2D eigenvalue weighted by atomic mass is 31.1. The van der Waals surface area contributed by atoms with Gasteiger partial charge in [-0.25, -0.2) is 0 Å². The van der Waals surface area contributed by atoms with E-state index in [1.165, 1.54) is 25.1 Å². The van der Waals surface area contributed by atoms with Gasteiger partial charge in [-0.2, -0.15) is 13.2 Å². The summed E-state index contributed by atoms with van der Waals surface area (Å²) in [5.74, 6) is -0.808. The first-order valence-corrected chi connectivity index (χ1v) is 6.06. The minimum absolute atomic E-state index is 0.115. The molecular weight excluding hydrogens is 240 g/mol. The van der Waals surface area contributed by atoms with E-state index in [9.17, 15) is 17.7 Å². The molecule has 1 N–H and O–H groups in total. The Hall–Kier alpha value is -0.800. The third-order valence-electron chi connectivity index (χ3n) is 2.26. The smallest absolute Gasteiger partial charge is 0.343 e. The predicted molar refractivity (Wildman–Crippen MR) is 56.4 cm³/mol. The molecule has 0 amide bonds. The minimum atomic E-state index is -4.27. The minimum Gasteiger partial charge on any atom is -0.343 e. The van der Waals surface area contributed by atoms with Gasteiger partial charge in [-0.1, -0.05) is 25.1 Å². The summed E-state index contributed by atoms with van der Waals surface area (Å²) < 4.78 is 47.6. The van der Waals surface area contributed by atoms with Crippen LogP contribution in [0.25, 0.3) is 0 Å². The van der Waals surface area contributed by atoms with Crippen LogP contribution in [0.15, 0.2) is 24.3 Å². The maximum absolute atomic E-state index is 12.2. The largest absolute Gasteiger partial charge is 0.389 e. The normalized spacial score (nSPS) is 15.8. The Balaban J connectivity index is 2.99. The van der Waals surface area contributed by atoms with Gasteiger partial charge in [0.25, 0.3) is 0 Å². The maximum Gasteiger partial charge on any atom is 0.389 e. The molecule has 0 saturated heterocycles. The van der Waals surface area contributed by atoms with E-state index in [1.54, 1.807) is 6.07 Å². The van der Waals surface area contributed by atoms with Crippen LogP contribution in [-0.4, -0.2) is 11.1 Å². The van der Waals surface area contributed by atoms with Crippen molar-refractivity contribution in [1.82, 2.24) is 0 Å². The van der Waals surface area contributed by atoms with Crippen molar-refractivity contribution in [1.29, 1.82) is 0 Å². The Morgan fingerprint density at radius 3 is 2.44 bits per heavy atom. The number of hydrogen-bond donors (Lipinski definition) is 1. The van der Waals surface area contributed by atoms with Crippen molar-refractivity contribution >= 4 is 13.3 Å². The third kappa shape index (κ3) is 3.65. The Kier molecular flexibility index (Phi) is 4.16. The number of alkyl halides is 3. The van der Waals surface area contributed by atoms with Crippen LogP contribution in [0.5, 0.6) is 0 Å². The molecular formula is C10H12F3O2P. The average molecular weight is 252 g/mol. The predicted octanol–water partition coefficient (Wildman–Crippen LogP) is 2.83. The van der Waals surface area contributed by atoms with Gasteiger partial charge >= 0.3 is 6.18 Å². The molecule has 0 fully saturated rings. The summed E-state index contributed by atoms with van der Waals surface area (Å²) in [5, 5.41) is 0.115. The van der Waals surface area contributed by atoms with Gasteiger partial charge in [-0.15, -0.1) is 0 Å². The molecule has 0 aliphatic carbocycles. The SMILES string of the molecule is CC(CC(F)(F)F)c1ccccc1[PH](=O)O. The van der Waals surface area contributed by atoms with Gasteiger partial charge in [-0.3, -0.25) is 4.57 Å². The summed E-state index contributed by atoms with van der Waals surface area (Å²) in [6.07, 6.45) is -5.25. The molecule has 0 saturated carbocycles. The summed E-state index contributed by atoms with van der Waals surface area (Å²) in [7, 11) is -2.96. The lowest BCUT2D eigenvalue weighted by Crippen LogP contribution is -2.16. The van der Waals surface area contributed by atoms with E-state index >= 15 is 0 Å². The molecule has 2 atom stereocenters. The third-order valence-corrected chi connectivity index (χ3v) is 3.18. The van der Waals surface area contributed by atoms with Crippen LogP contribution in [0.4, 0.5) is 13.2 Å². The van der Waals surface area contributed by atoms with Crippen LogP contribution >= 0.6 is 8.03 Å². The van der Waals surface area contributed by atoms with Crippen molar-refractivity contribution in [3.8, 4) is 0 Å². The summed E-state index contributed by atoms with van der Waals surface area (Å²) >= 11 is 0. The van der Waals surface area contributed by atoms with Crippen LogP contribution < -0.4 is 5.30 Å². The second-order valence-electron chi connectivity index (χ2n) is 3.61. The van der Waals surface area contributed by atoms with Crippen LogP contribution in [0.2, 0.25) is 0 Å². The molecule has 1 aromatic carbocycles. The van der Waals surface area contributed by atoms with Crippen molar-refractivity contribution in [3.05, 3.63) is 29.8 Å². The molecule has 0 bridgehead atoms. The quantitative estimate of drug-likeness (QED) is 0.840. The molecule has 0 spiro atoms. The second kappa shape index (κ2) is 5.02. The van der Waals surface area contributed by atoms with Gasteiger partial charge in [0, 0.05) is 5.30 Å². The Morgan fingerprint density at radius 1 is 1.38 bits per heavy atom. The lowest BCUT2D eigenvalue weighted by molar-refractivity contribution is -0.137. The fraction of sp³-hybridized carbons (Fsp3) is 0.400. The van der Waals surface area contributed by atoms with Gasteiger partial charge in [0.15, 0.2) is 0 Å². The zero-order chi connectivity index (χ0) is 12.3. The molecule has 0 aromatic heterocycles. The Labute approximate surface area is 92.0 Å². The van der Waals surface area contributed by atoms with E-state index in [2.05, 4.69) is 0 Å². The van der Waals surface area contributed by atoms with E-state index in [0.29, 0.717) is 5.56 Å². The van der Waals surface area contributed by atoms with E-state index in [1.807, 2.05) is 0 Å². The van der Waals surface area contributed by atoms with Crippen molar-refractivity contribution in [2.24, 2.45) is 0 Å². The molecule has 2 nitrogen and oxygen atoms in total. The fourth-order valence-electron chi connectivity index (χ4n) is 1.58. The molecule has 0 radical (unpaired) electrons. The first-order valence-electron chi connectivity index (χ1n) is 4.70. The molecule has 90 valence electrons. The van der Waals surface area contributed by atoms with Gasteiger partial charge < -0.3 is 4.89 Å². The topological polar surface area (TPSA) is 37.3 Å². The zero-order valence-electron chi connectivity index (χ0n) is 8.58. The molecule has 6 heteroatoms. The molecule has 0 aliphatic heterocycles. The Morgan fingerprint density at radius 2 is 1.94 bits per heavy atom. The van der Waals surface area contributed by atoms with Crippen molar-refractivity contribution in [2.45, 2.75) is 25.4 Å². The van der Waals surface area contributed by atoms with Crippen LogP contribution in [0.1, 0.15) is 24.8 Å². The van der Waals surface area contributed by atoms with Gasteiger partial charge in [0.2, 0.25) is 8.03 Å². The summed E-state index contributed by atoms with van der Waals surface area (Å²) in [6.45, 7) is 1.40. The Bertz CT molecular complexity index is 390. The van der Waals surface area contributed by atoms with E-state index in [4.69, 9.17) is 4.89 Å². The first kappa shape index (κ1) is 13.3. The average Bonchev–Trinajstić information content (AvgIpc) is 2.15. The van der Waals surface area contributed by atoms with E-state index < -0.39 is 26.5 Å². The lowest BCUT2D eigenvalue weighted by Gasteiger charge is -2.16. The highest BCUT2D eigenvalue weighted by Gasteiger charge is 2.31. The molecule has 1 rings (SSSR count). The number of halogens is 3. The molecule has 2 unspecified atom stereocenters. The van der Waals surface area contributed by atoms with Crippen molar-refractivity contribution < 1.29 is 22.6 Å². The van der Waals surface area contributed by atoms with Crippen LogP contribution in [0, 0.1) is 0 Å². The number of benzene rings is 1. The zero-order valence-corrected chi connectivity index (χ0v) is 9.58. The highest BCUT2D eigenvalue weighted by molar-refractivity contribution is 7.47. The number of rotatable bonds is 3. The van der Waals surface area contributed by atoms with E-state index in [-0.39, 0.29) is 5.30 Å². The van der Waals surface area contributed by atoms with Gasteiger partial charge in [0.05, 0.1) is 6.42 Å². The highest BCUT2D eigenvalue weighted by Crippen LogP contribution is 2.32. The first-order chi connectivity index (χ1) is 7.31. The van der Waals surface area contributed by atoms with Crippen LogP contribution in [0.3, 0.4) is 0 Å². The van der Waals surface area contributed by atoms with E-state index in [0.717, 1.165) is 0 Å². The molecule has 0 aliphatic rings. The lowest BCUT2D eigenvalue weighted by atomic mass is 9.97. The molecule has 1 aromatic rings. The second-order valence-corrected chi connectivity index (χ2v) is 4.76. The standard InChI is InChI=1S/C10H12F3O2P/c1-7(6-10(11,12)13)8-4-2-3-5-9(8)16(14)15/h2-5,7,16H,6H2,1H3,(H,14,15). The maximum atomic E-state index is 12.2. The van der Waals surface area contributed by atoms with Crippen molar-refractivity contribution in [3.63, 3.8) is 0 Å². The van der Waals surface area contributed by atoms with Gasteiger partial charge in [0.1, 0.15) is 0 Å². The summed E-state index contributed by atoms with van der Waals surface area (Å²) in [4.78, 5) is 9.02. The summed E-state index contributed by atoms with van der Waals surface area (Å²) in [6, 6.07) is 5.96. The fourth-order valence-corrected chi connectivity index (χ4v) is 2.39. The summed E-state index contributed by atoms with van der Waals surface area (Å²) in [5.41, 5.74) is 0.297. The van der Waals surface area contributed by atoms with Crippen LogP contribution in [-0.2, 0) is 4.57 Å². The van der Waals surface area contributed by atoms with Crippen molar-refractivity contribution in [2.75, 3.05) is 0 Å². The van der Waals surface area contributed by atoms with Gasteiger partial charge in [-0.05, 0) is 17.5 Å².